The molecule has 1 amide bonds. The zero-order chi connectivity index (χ0) is 18.4. The van der Waals surface area contributed by atoms with Crippen LogP contribution in [0.3, 0.4) is 0 Å². The van der Waals surface area contributed by atoms with Crippen LogP contribution in [0.4, 0.5) is 5.69 Å². The minimum atomic E-state index is -0.779. The van der Waals surface area contributed by atoms with Crippen molar-refractivity contribution >= 4 is 58.6 Å². The Kier molecular flexibility index (Phi) is 7.54. The van der Waals surface area contributed by atoms with Gasteiger partial charge in [-0.1, -0.05) is 34.8 Å². The van der Waals surface area contributed by atoms with Gasteiger partial charge in [-0.25, -0.2) is 4.79 Å². The number of carbonyl (C=O) groups is 2. The zero-order valence-electron chi connectivity index (χ0n) is 13.1. The summed E-state index contributed by atoms with van der Waals surface area (Å²) >= 11 is 18.2. The number of halogens is 3. The lowest BCUT2D eigenvalue weighted by Crippen LogP contribution is -2.23. The van der Waals surface area contributed by atoms with Crippen LogP contribution in [0.15, 0.2) is 22.4 Å². The summed E-state index contributed by atoms with van der Waals surface area (Å²) in [5.41, 5.74) is -0.0849. The molecule has 6 nitrogen and oxygen atoms in total. The Balaban J connectivity index is 3.41. The lowest BCUT2D eigenvalue weighted by Gasteiger charge is -2.11. The summed E-state index contributed by atoms with van der Waals surface area (Å²) in [6.07, 6.45) is 1.06. The van der Waals surface area contributed by atoms with Crippen molar-refractivity contribution < 1.29 is 19.4 Å². The van der Waals surface area contributed by atoms with Crippen molar-refractivity contribution in [1.82, 2.24) is 5.32 Å². The highest BCUT2D eigenvalue weighted by Gasteiger charge is 2.20. The molecule has 0 aliphatic heterocycles. The molecule has 1 aromatic carbocycles. The zero-order valence-corrected chi connectivity index (χ0v) is 15.4. The third kappa shape index (κ3) is 4.63. The number of amides is 1. The molecule has 0 atom stereocenters. The van der Waals surface area contributed by atoms with Crippen LogP contribution < -0.4 is 5.32 Å². The number of aliphatic hydroxyl groups is 1. The smallest absolute Gasteiger partial charge is 0.342 e. The minimum absolute atomic E-state index is 0.00589. The van der Waals surface area contributed by atoms with E-state index in [2.05, 4.69) is 15.0 Å². The highest BCUT2D eigenvalue weighted by molar-refractivity contribution is 6.47. The number of esters is 1. The predicted molar refractivity (Wildman–Crippen MR) is 95.0 cm³/mol. The highest BCUT2D eigenvalue weighted by atomic mass is 35.5. The summed E-state index contributed by atoms with van der Waals surface area (Å²) < 4.78 is 4.54. The number of ether oxygens (including phenoxy) is 1. The number of allylic oxidation sites excluding steroid dienone is 1. The van der Waals surface area contributed by atoms with E-state index in [0.717, 1.165) is 6.21 Å². The van der Waals surface area contributed by atoms with Gasteiger partial charge in [-0.2, -0.15) is 0 Å². The first-order valence-electron chi connectivity index (χ1n) is 6.72. The number of rotatable bonds is 5. The quantitative estimate of drug-likeness (QED) is 0.259. The Morgan fingerprint density at radius 1 is 1.33 bits per heavy atom. The molecule has 0 radical (unpaired) electrons. The second-order valence-electron chi connectivity index (χ2n) is 4.49. The van der Waals surface area contributed by atoms with Crippen molar-refractivity contribution in [2.24, 2.45) is 4.99 Å². The van der Waals surface area contributed by atoms with Crippen molar-refractivity contribution in [1.29, 1.82) is 0 Å². The normalized spacial score (nSPS) is 12.1. The molecule has 1 rings (SSSR count). The van der Waals surface area contributed by atoms with Crippen LogP contribution in [0.2, 0.25) is 15.1 Å². The first-order valence-corrected chi connectivity index (χ1v) is 7.85. The third-order valence-electron chi connectivity index (χ3n) is 2.83. The Hall–Kier alpha value is -1.76. The van der Waals surface area contributed by atoms with Gasteiger partial charge in [0.25, 0.3) is 5.91 Å². The van der Waals surface area contributed by atoms with E-state index in [4.69, 9.17) is 34.8 Å². The molecule has 0 saturated carbocycles. The average molecular weight is 394 g/mol. The number of nitrogens with zero attached hydrogens (tertiary/aromatic N) is 1. The fraction of sp³-hybridized carbons (Fsp3) is 0.267. The van der Waals surface area contributed by atoms with Gasteiger partial charge in [-0.05, 0) is 19.9 Å². The summed E-state index contributed by atoms with van der Waals surface area (Å²) in [4.78, 5) is 27.6. The van der Waals surface area contributed by atoms with E-state index >= 15 is 0 Å². The van der Waals surface area contributed by atoms with Gasteiger partial charge in [0.1, 0.15) is 11.3 Å². The van der Waals surface area contributed by atoms with Crippen LogP contribution in [0.25, 0.3) is 0 Å². The van der Waals surface area contributed by atoms with Crippen molar-refractivity contribution in [2.75, 3.05) is 13.7 Å². The number of carbonyl (C=O) groups excluding carboxylic acids is 2. The van der Waals surface area contributed by atoms with Gasteiger partial charge in [-0.3, -0.25) is 9.79 Å². The first kappa shape index (κ1) is 20.3. The number of nitrogens with one attached hydrogen (secondary N) is 1. The Morgan fingerprint density at radius 2 is 1.96 bits per heavy atom. The van der Waals surface area contributed by atoms with Gasteiger partial charge in [-0.15, -0.1) is 0 Å². The van der Waals surface area contributed by atoms with Gasteiger partial charge < -0.3 is 15.2 Å². The lowest BCUT2D eigenvalue weighted by atomic mass is 10.1. The second-order valence-corrected chi connectivity index (χ2v) is 5.65. The molecule has 0 fully saturated rings. The third-order valence-corrected chi connectivity index (χ3v) is 4.00. The Bertz CT molecular complexity index is 726. The van der Waals surface area contributed by atoms with Crippen LogP contribution in [-0.4, -0.2) is 36.9 Å². The summed E-state index contributed by atoms with van der Waals surface area (Å²) in [6, 6.07) is 1.34. The molecule has 0 heterocycles. The van der Waals surface area contributed by atoms with Crippen molar-refractivity contribution in [3.05, 3.63) is 38.0 Å². The van der Waals surface area contributed by atoms with Crippen molar-refractivity contribution in [3.8, 4) is 0 Å². The molecule has 0 aromatic heterocycles. The van der Waals surface area contributed by atoms with Gasteiger partial charge >= 0.3 is 5.97 Å². The molecule has 24 heavy (non-hydrogen) atoms. The van der Waals surface area contributed by atoms with Crippen LogP contribution in [-0.2, 0) is 9.53 Å². The summed E-state index contributed by atoms with van der Waals surface area (Å²) in [7, 11) is 1.17. The standard InChI is InChI=1S/C15H15Cl3N2O4/c1-4-19-14(22)11-12(17)9(16)5-10(13(11)18)20-6-8(7(2)21)15(23)24-3/h5-6,21H,4H2,1-3H3,(H,19,22). The maximum atomic E-state index is 12.1. The van der Waals surface area contributed by atoms with Gasteiger partial charge in [0.05, 0.1) is 33.4 Å². The number of hydrogen-bond donors (Lipinski definition) is 2. The molecule has 0 aliphatic rings. The summed E-state index contributed by atoms with van der Waals surface area (Å²) in [6.45, 7) is 3.41. The molecule has 2 N–H and O–H groups in total. The molecule has 1 aromatic rings. The Morgan fingerprint density at radius 3 is 2.46 bits per heavy atom. The number of aliphatic imine (C=N–C) groups is 1. The minimum Gasteiger partial charge on any atom is -0.512 e. The van der Waals surface area contributed by atoms with Crippen molar-refractivity contribution in [3.63, 3.8) is 0 Å². The van der Waals surface area contributed by atoms with Crippen LogP contribution >= 0.6 is 34.8 Å². The van der Waals surface area contributed by atoms with Gasteiger partial charge in [0.15, 0.2) is 0 Å². The van der Waals surface area contributed by atoms with Crippen LogP contribution in [0.1, 0.15) is 24.2 Å². The summed E-state index contributed by atoms with van der Waals surface area (Å²) in [5.74, 6) is -1.57. The van der Waals surface area contributed by atoms with Gasteiger partial charge in [0.2, 0.25) is 0 Å². The average Bonchev–Trinajstić information content (AvgIpc) is 2.52. The summed E-state index contributed by atoms with van der Waals surface area (Å²) in [5, 5.41) is 12.1. The predicted octanol–water partition coefficient (Wildman–Crippen LogP) is 4.10. The molecule has 130 valence electrons. The largest absolute Gasteiger partial charge is 0.512 e. The fourth-order valence-corrected chi connectivity index (χ4v) is 2.44. The van der Waals surface area contributed by atoms with E-state index in [1.54, 1.807) is 6.92 Å². The number of hydrogen-bond acceptors (Lipinski definition) is 5. The topological polar surface area (TPSA) is 88.0 Å². The second kappa shape index (κ2) is 8.92. The van der Waals surface area contributed by atoms with E-state index in [0.29, 0.717) is 6.54 Å². The molecule has 9 heteroatoms. The van der Waals surface area contributed by atoms with E-state index in [1.165, 1.54) is 20.1 Å². The SMILES string of the molecule is CCNC(=O)c1c(Cl)c(Cl)cc(N=CC(C(=O)OC)=C(C)O)c1Cl. The first-order chi connectivity index (χ1) is 11.2. The van der Waals surface area contributed by atoms with E-state index in [-0.39, 0.29) is 37.7 Å². The molecule has 0 unspecified atom stereocenters. The molecular weight excluding hydrogens is 379 g/mol. The van der Waals surface area contributed by atoms with Crippen LogP contribution in [0, 0.1) is 0 Å². The lowest BCUT2D eigenvalue weighted by molar-refractivity contribution is -0.135. The molecule has 0 saturated heterocycles. The highest BCUT2D eigenvalue weighted by Crippen LogP contribution is 2.38. The van der Waals surface area contributed by atoms with Crippen LogP contribution in [0.5, 0.6) is 0 Å². The fourth-order valence-electron chi connectivity index (χ4n) is 1.67. The van der Waals surface area contributed by atoms with Crippen molar-refractivity contribution in [2.45, 2.75) is 13.8 Å². The monoisotopic (exact) mass is 392 g/mol. The molecule has 0 bridgehead atoms. The molecule has 0 aliphatic carbocycles. The maximum absolute atomic E-state index is 12.1. The maximum Gasteiger partial charge on any atom is 0.342 e. The van der Waals surface area contributed by atoms with E-state index < -0.39 is 11.9 Å². The number of aliphatic hydroxyl groups excluding tert-OH is 1. The number of benzene rings is 1. The molecular formula is C15H15Cl3N2O4. The van der Waals surface area contributed by atoms with E-state index in [1.807, 2.05) is 0 Å². The van der Waals surface area contributed by atoms with E-state index in [9.17, 15) is 14.7 Å². The molecule has 0 spiro atoms. The Labute approximate surface area is 154 Å². The number of methoxy groups -OCH3 is 1. The van der Waals surface area contributed by atoms with Gasteiger partial charge in [0, 0.05) is 12.8 Å².